The fraction of sp³-hybridized carbons (Fsp3) is 0.450. The van der Waals surface area contributed by atoms with Crippen LogP contribution in [-0.4, -0.2) is 77.2 Å². The molecule has 14 heteroatoms. The maximum Gasteiger partial charge on any atom is 0.325 e. The first-order valence-corrected chi connectivity index (χ1v) is 12.7. The summed E-state index contributed by atoms with van der Waals surface area (Å²) in [7, 11) is -4.09. The molecule has 0 saturated carbocycles. The molecule has 12 nitrogen and oxygen atoms in total. The number of hydrogen-bond acceptors (Lipinski definition) is 9. The smallest absolute Gasteiger partial charge is 0.325 e. The molecular formula is C20H25ClN5O7P. The third kappa shape index (κ3) is 5.91. The van der Waals surface area contributed by atoms with Gasteiger partial charge in [0.25, 0.3) is 0 Å². The van der Waals surface area contributed by atoms with E-state index in [1.54, 1.807) is 0 Å². The molecule has 3 heterocycles. The Kier molecular flexibility index (Phi) is 7.80. The largest absolute Gasteiger partial charge is 0.387 e. The lowest BCUT2D eigenvalue weighted by Gasteiger charge is -2.17. The van der Waals surface area contributed by atoms with Crippen LogP contribution in [0.3, 0.4) is 0 Å². The Hall–Kier alpha value is -2.15. The summed E-state index contributed by atoms with van der Waals surface area (Å²) in [5, 5.41) is 24.2. The van der Waals surface area contributed by atoms with Crippen LogP contribution in [0.15, 0.2) is 36.7 Å². The Morgan fingerprint density at radius 2 is 1.94 bits per heavy atom. The summed E-state index contributed by atoms with van der Waals surface area (Å²) in [5.74, 6) is 0.413. The lowest BCUT2D eigenvalue weighted by Crippen LogP contribution is -2.34. The van der Waals surface area contributed by atoms with Gasteiger partial charge in [0.2, 0.25) is 5.28 Å². The summed E-state index contributed by atoms with van der Waals surface area (Å²) in [4.78, 5) is 30.6. The average Bonchev–Trinajstić information content (AvgIpc) is 3.33. The third-order valence-corrected chi connectivity index (χ3v) is 6.40. The fourth-order valence-electron chi connectivity index (χ4n) is 3.65. The van der Waals surface area contributed by atoms with Gasteiger partial charge in [-0.25, -0.2) is 4.98 Å². The fourth-order valence-corrected chi connectivity index (χ4v) is 4.36. The number of ether oxygens (including phenoxy) is 2. The van der Waals surface area contributed by atoms with Crippen LogP contribution in [0.4, 0.5) is 5.82 Å². The molecule has 5 N–H and O–H groups in total. The molecule has 1 aliphatic rings. The van der Waals surface area contributed by atoms with Crippen molar-refractivity contribution in [1.29, 1.82) is 0 Å². The third-order valence-electron chi connectivity index (χ3n) is 5.33. The molecule has 1 aromatic carbocycles. The summed E-state index contributed by atoms with van der Waals surface area (Å²) in [5.41, 5.74) is 1.77. The van der Waals surface area contributed by atoms with Gasteiger partial charge in [-0.3, -0.25) is 9.13 Å². The second-order valence-electron chi connectivity index (χ2n) is 7.87. The van der Waals surface area contributed by atoms with Crippen molar-refractivity contribution >= 4 is 36.2 Å². The minimum absolute atomic E-state index is 0.0252. The predicted molar refractivity (Wildman–Crippen MR) is 122 cm³/mol. The van der Waals surface area contributed by atoms with Crippen LogP contribution >= 0.6 is 19.2 Å². The highest BCUT2D eigenvalue weighted by molar-refractivity contribution is 7.51. The number of imidazole rings is 1. The first kappa shape index (κ1) is 25.0. The minimum Gasteiger partial charge on any atom is -0.387 e. The summed E-state index contributed by atoms with van der Waals surface area (Å²) in [6.07, 6.45) is -3.13. The quantitative estimate of drug-likeness (QED) is 0.150. The summed E-state index contributed by atoms with van der Waals surface area (Å²) in [6, 6.07) is 9.70. The maximum atomic E-state index is 10.9. The molecule has 1 aliphatic heterocycles. The van der Waals surface area contributed by atoms with Crippen molar-refractivity contribution in [3.63, 3.8) is 0 Å². The topological polar surface area (TPSA) is 172 Å². The van der Waals surface area contributed by atoms with Crippen LogP contribution in [0.5, 0.6) is 0 Å². The monoisotopic (exact) mass is 513 g/mol. The zero-order chi connectivity index (χ0) is 24.3. The molecule has 2 aromatic heterocycles. The van der Waals surface area contributed by atoms with E-state index in [1.165, 1.54) is 10.9 Å². The van der Waals surface area contributed by atoms with E-state index >= 15 is 0 Å². The number of aliphatic hydroxyl groups excluding tert-OH is 2. The van der Waals surface area contributed by atoms with Crippen molar-refractivity contribution in [2.24, 2.45) is 0 Å². The van der Waals surface area contributed by atoms with Crippen LogP contribution in [0, 0.1) is 0 Å². The number of benzene rings is 1. The molecule has 0 radical (unpaired) electrons. The number of aromatic nitrogens is 4. The molecule has 1 fully saturated rings. The van der Waals surface area contributed by atoms with Gasteiger partial charge in [0.15, 0.2) is 23.2 Å². The van der Waals surface area contributed by atoms with E-state index in [-0.39, 0.29) is 31.1 Å². The first-order chi connectivity index (χ1) is 16.2. The van der Waals surface area contributed by atoms with E-state index < -0.39 is 32.1 Å². The Morgan fingerprint density at radius 1 is 1.18 bits per heavy atom. The average molecular weight is 514 g/mol. The molecule has 4 rings (SSSR count). The molecular weight excluding hydrogens is 489 g/mol. The van der Waals surface area contributed by atoms with Gasteiger partial charge < -0.3 is 34.8 Å². The lowest BCUT2D eigenvalue weighted by molar-refractivity contribution is -0.0652. The summed E-state index contributed by atoms with van der Waals surface area (Å²) >= 11 is 6.13. The van der Waals surface area contributed by atoms with Gasteiger partial charge in [-0.2, -0.15) is 9.97 Å². The Balaban J connectivity index is 1.45. The predicted octanol–water partition coefficient (Wildman–Crippen LogP) is 1.30. The Bertz CT molecular complexity index is 1160. The number of fused-ring (bicyclic) bond motifs is 1. The number of nitrogens with one attached hydrogen (secondary N) is 1. The molecule has 1 saturated heterocycles. The number of aliphatic hydroxyl groups is 2. The number of anilines is 1. The van der Waals surface area contributed by atoms with Crippen molar-refractivity contribution in [1.82, 2.24) is 19.5 Å². The van der Waals surface area contributed by atoms with Gasteiger partial charge in [-0.1, -0.05) is 30.3 Å². The highest BCUT2D eigenvalue weighted by Crippen LogP contribution is 2.35. The van der Waals surface area contributed by atoms with Crippen molar-refractivity contribution in [2.75, 3.05) is 24.7 Å². The number of nitrogens with zero attached hydrogens (tertiary/aromatic N) is 4. The lowest BCUT2D eigenvalue weighted by atomic mass is 10.1. The molecule has 0 spiro atoms. The van der Waals surface area contributed by atoms with E-state index in [4.69, 9.17) is 30.9 Å². The molecule has 0 unspecified atom stereocenters. The Labute approximate surface area is 199 Å². The van der Waals surface area contributed by atoms with Crippen LogP contribution in [-0.2, 0) is 20.6 Å². The molecule has 0 aliphatic carbocycles. The number of halogens is 1. The molecule has 0 bridgehead atoms. The Morgan fingerprint density at radius 3 is 2.68 bits per heavy atom. The van der Waals surface area contributed by atoms with E-state index in [0.717, 1.165) is 5.56 Å². The van der Waals surface area contributed by atoms with E-state index in [1.807, 2.05) is 30.3 Å². The van der Waals surface area contributed by atoms with E-state index in [0.29, 0.717) is 23.5 Å². The maximum absolute atomic E-state index is 10.9. The van der Waals surface area contributed by atoms with Crippen LogP contribution < -0.4 is 5.32 Å². The number of hydrogen-bond donors (Lipinski definition) is 5. The van der Waals surface area contributed by atoms with Gasteiger partial charge in [-0.15, -0.1) is 0 Å². The van der Waals surface area contributed by atoms with Gasteiger partial charge in [0.05, 0.1) is 19.1 Å². The molecule has 34 heavy (non-hydrogen) atoms. The zero-order valence-electron chi connectivity index (χ0n) is 17.9. The van der Waals surface area contributed by atoms with Crippen LogP contribution in [0.25, 0.3) is 11.2 Å². The molecule has 4 atom stereocenters. The summed E-state index contributed by atoms with van der Waals surface area (Å²) in [6.45, 7) is 0.493. The van der Waals surface area contributed by atoms with Gasteiger partial charge in [0.1, 0.15) is 18.3 Å². The second-order valence-corrected chi connectivity index (χ2v) is 9.98. The van der Waals surface area contributed by atoms with Crippen molar-refractivity contribution in [2.45, 2.75) is 37.5 Å². The van der Waals surface area contributed by atoms with Gasteiger partial charge in [-0.05, 0) is 23.6 Å². The van der Waals surface area contributed by atoms with Gasteiger partial charge >= 0.3 is 7.60 Å². The summed E-state index contributed by atoms with van der Waals surface area (Å²) < 4.78 is 23.6. The second kappa shape index (κ2) is 10.6. The van der Waals surface area contributed by atoms with Crippen molar-refractivity contribution < 1.29 is 34.0 Å². The van der Waals surface area contributed by atoms with Crippen molar-refractivity contribution in [3.8, 4) is 0 Å². The van der Waals surface area contributed by atoms with Crippen LogP contribution in [0.2, 0.25) is 5.28 Å². The molecule has 3 aromatic rings. The van der Waals surface area contributed by atoms with Crippen molar-refractivity contribution in [3.05, 3.63) is 47.5 Å². The zero-order valence-corrected chi connectivity index (χ0v) is 19.6. The highest BCUT2D eigenvalue weighted by Gasteiger charge is 2.44. The minimum atomic E-state index is -4.09. The van der Waals surface area contributed by atoms with Gasteiger partial charge in [0, 0.05) is 13.2 Å². The first-order valence-electron chi connectivity index (χ1n) is 10.5. The SMILES string of the molecule is O=P(O)(O)CCCOC[C@H]1O[C@@H](n2cnc3c(NCc4ccccc4)nc(Cl)nc32)[C@H](O)[C@@H]1O. The normalized spacial score (nSPS) is 23.0. The van der Waals surface area contributed by atoms with Crippen LogP contribution in [0.1, 0.15) is 18.2 Å². The molecule has 184 valence electrons. The number of rotatable bonds is 10. The van der Waals surface area contributed by atoms with E-state index in [9.17, 15) is 14.8 Å². The van der Waals surface area contributed by atoms with E-state index in [2.05, 4.69) is 20.3 Å². The molecule has 0 amide bonds. The highest BCUT2D eigenvalue weighted by atomic mass is 35.5. The standard InChI is InChI=1S/C20H25ClN5O7P/c21-20-24-17(22-9-12-5-2-1-3-6-12)14-18(25-20)26(11-23-14)19-16(28)15(27)13(33-19)10-32-7-4-8-34(29,30)31/h1-3,5-6,11,13,15-16,19,27-28H,4,7-10H2,(H,22,24,25)(H2,29,30,31)/t13-,15-,16-,19-/m1/s1.